The van der Waals surface area contributed by atoms with E-state index in [0.717, 1.165) is 5.69 Å². The first kappa shape index (κ1) is 8.93. The van der Waals surface area contributed by atoms with Crippen molar-refractivity contribution >= 4 is 23.0 Å². The van der Waals surface area contributed by atoms with Crippen molar-refractivity contribution in [3.05, 3.63) is 24.0 Å². The molecule has 0 aromatic carbocycles. The van der Waals surface area contributed by atoms with Crippen LogP contribution in [0.3, 0.4) is 0 Å². The molecule has 0 aliphatic rings. The molecule has 2 N–H and O–H groups in total. The molecule has 0 amide bonds. The summed E-state index contributed by atoms with van der Waals surface area (Å²) in [6.45, 7) is 0. The van der Waals surface area contributed by atoms with Gasteiger partial charge in [-0.1, -0.05) is 0 Å². The van der Waals surface area contributed by atoms with E-state index in [1.54, 1.807) is 19.4 Å². The van der Waals surface area contributed by atoms with Gasteiger partial charge in [0.15, 0.2) is 5.05 Å². The highest BCUT2D eigenvalue weighted by molar-refractivity contribution is 7.80. The van der Waals surface area contributed by atoms with Gasteiger partial charge in [-0.25, -0.2) is 0 Å². The lowest BCUT2D eigenvalue weighted by Gasteiger charge is -2.01. The van der Waals surface area contributed by atoms with E-state index in [-0.39, 0.29) is 0 Å². The van der Waals surface area contributed by atoms with Crippen molar-refractivity contribution in [3.63, 3.8) is 0 Å². The molecule has 3 nitrogen and oxygen atoms in total. The number of hydrogen-bond donors (Lipinski definition) is 1. The van der Waals surface area contributed by atoms with Crippen molar-refractivity contribution in [2.24, 2.45) is 0 Å². The van der Waals surface area contributed by atoms with Crippen LogP contribution in [0.2, 0.25) is 0 Å². The highest BCUT2D eigenvalue weighted by atomic mass is 32.1. The fourth-order valence-corrected chi connectivity index (χ4v) is 0.908. The molecular weight excluding hydrogens is 172 g/mol. The molecule has 0 fully saturated rings. The molecule has 1 rings (SSSR count). The minimum atomic E-state index is 0.535. The molecule has 0 spiro atoms. The van der Waals surface area contributed by atoms with Gasteiger partial charge in [0.1, 0.15) is 0 Å². The molecule has 0 bridgehead atoms. The number of pyridine rings is 1. The summed E-state index contributed by atoms with van der Waals surface area (Å²) in [6, 6.07) is 3.63. The second-order valence-electron chi connectivity index (χ2n) is 2.34. The molecule has 1 aromatic rings. The van der Waals surface area contributed by atoms with Crippen molar-refractivity contribution < 1.29 is 4.74 Å². The van der Waals surface area contributed by atoms with E-state index in [0.29, 0.717) is 17.2 Å². The van der Waals surface area contributed by atoms with Crippen LogP contribution in [0.4, 0.5) is 5.69 Å². The van der Waals surface area contributed by atoms with E-state index >= 15 is 0 Å². The van der Waals surface area contributed by atoms with Crippen LogP contribution in [0.1, 0.15) is 5.69 Å². The van der Waals surface area contributed by atoms with Crippen LogP contribution in [0.5, 0.6) is 0 Å². The number of aromatic nitrogens is 1. The molecule has 0 unspecified atom stereocenters. The molecule has 4 heteroatoms. The molecule has 0 saturated heterocycles. The van der Waals surface area contributed by atoms with Crippen LogP contribution < -0.4 is 5.73 Å². The van der Waals surface area contributed by atoms with E-state index in [9.17, 15) is 0 Å². The van der Waals surface area contributed by atoms with Gasteiger partial charge in [-0.3, -0.25) is 4.98 Å². The van der Waals surface area contributed by atoms with Gasteiger partial charge in [0.05, 0.1) is 25.4 Å². The lowest BCUT2D eigenvalue weighted by molar-refractivity contribution is 0.405. The van der Waals surface area contributed by atoms with Gasteiger partial charge in [0.2, 0.25) is 0 Å². The first-order valence-electron chi connectivity index (χ1n) is 3.49. The Labute approximate surface area is 76.6 Å². The van der Waals surface area contributed by atoms with Crippen molar-refractivity contribution in [2.45, 2.75) is 6.42 Å². The largest absolute Gasteiger partial charge is 0.490 e. The Balaban J connectivity index is 2.64. The van der Waals surface area contributed by atoms with Gasteiger partial charge in [-0.05, 0) is 24.4 Å². The fourth-order valence-electron chi connectivity index (χ4n) is 0.761. The normalized spacial score (nSPS) is 9.42. The Morgan fingerprint density at radius 2 is 2.42 bits per heavy atom. The number of nitrogens with two attached hydrogens (primary N) is 1. The standard InChI is InChI=1S/C8H10N2OS/c1-11-8(12)4-7-3-2-6(9)5-10-7/h2-3,5H,4,9H2,1H3. The Bertz CT molecular complexity index is 271. The third kappa shape index (κ3) is 2.47. The van der Waals surface area contributed by atoms with Crippen LogP contribution in [0.25, 0.3) is 0 Å². The minimum absolute atomic E-state index is 0.535. The van der Waals surface area contributed by atoms with Crippen molar-refractivity contribution in [3.8, 4) is 0 Å². The molecule has 0 radical (unpaired) electrons. The SMILES string of the molecule is COC(=S)Cc1ccc(N)cn1. The number of hydrogen-bond acceptors (Lipinski definition) is 4. The number of nitrogen functional groups attached to an aromatic ring is 1. The Morgan fingerprint density at radius 1 is 1.67 bits per heavy atom. The summed E-state index contributed by atoms with van der Waals surface area (Å²) in [7, 11) is 1.56. The maximum Gasteiger partial charge on any atom is 0.165 e. The second kappa shape index (κ2) is 4.01. The highest BCUT2D eigenvalue weighted by Gasteiger charge is 1.98. The Kier molecular flexibility index (Phi) is 2.99. The molecule has 0 saturated carbocycles. The smallest absolute Gasteiger partial charge is 0.165 e. The average Bonchev–Trinajstić information content (AvgIpc) is 2.09. The first-order chi connectivity index (χ1) is 5.72. The van der Waals surface area contributed by atoms with E-state index in [2.05, 4.69) is 4.98 Å². The maximum atomic E-state index is 5.46. The third-order valence-corrected chi connectivity index (χ3v) is 1.71. The number of nitrogens with zero attached hydrogens (tertiary/aromatic N) is 1. The fraction of sp³-hybridized carbons (Fsp3) is 0.250. The zero-order valence-electron chi connectivity index (χ0n) is 6.78. The monoisotopic (exact) mass is 182 g/mol. The van der Waals surface area contributed by atoms with Gasteiger partial charge < -0.3 is 10.5 Å². The van der Waals surface area contributed by atoms with Gasteiger partial charge in [-0.15, -0.1) is 0 Å². The van der Waals surface area contributed by atoms with Gasteiger partial charge in [-0.2, -0.15) is 0 Å². The van der Waals surface area contributed by atoms with E-state index in [1.165, 1.54) is 0 Å². The van der Waals surface area contributed by atoms with Crippen LogP contribution in [-0.4, -0.2) is 17.1 Å². The van der Waals surface area contributed by atoms with Crippen molar-refractivity contribution in [1.29, 1.82) is 0 Å². The van der Waals surface area contributed by atoms with Crippen LogP contribution in [-0.2, 0) is 11.2 Å². The highest BCUT2D eigenvalue weighted by Crippen LogP contribution is 2.02. The topological polar surface area (TPSA) is 48.1 Å². The van der Waals surface area contributed by atoms with E-state index < -0.39 is 0 Å². The summed E-state index contributed by atoms with van der Waals surface area (Å²) < 4.78 is 4.84. The van der Waals surface area contributed by atoms with Crippen LogP contribution in [0, 0.1) is 0 Å². The number of thiocarbonyl (C=S) groups is 1. The molecular formula is C8H10N2OS. The number of methoxy groups -OCH3 is 1. The zero-order chi connectivity index (χ0) is 8.97. The molecule has 64 valence electrons. The predicted molar refractivity (Wildman–Crippen MR) is 52.0 cm³/mol. The number of anilines is 1. The van der Waals surface area contributed by atoms with E-state index in [1.807, 2.05) is 6.07 Å². The zero-order valence-corrected chi connectivity index (χ0v) is 7.60. The Morgan fingerprint density at radius 3 is 2.92 bits per heavy atom. The van der Waals surface area contributed by atoms with E-state index in [4.69, 9.17) is 22.7 Å². The molecule has 0 atom stereocenters. The summed E-state index contributed by atoms with van der Waals surface area (Å²) in [5, 5.41) is 0.535. The minimum Gasteiger partial charge on any atom is -0.490 e. The molecule has 12 heavy (non-hydrogen) atoms. The first-order valence-corrected chi connectivity index (χ1v) is 3.90. The van der Waals surface area contributed by atoms with Crippen molar-refractivity contribution in [2.75, 3.05) is 12.8 Å². The summed E-state index contributed by atoms with van der Waals surface area (Å²) in [4.78, 5) is 4.07. The molecule has 1 aromatic heterocycles. The van der Waals surface area contributed by atoms with Gasteiger partial charge in [0.25, 0.3) is 0 Å². The Hall–Kier alpha value is -1.16. The number of rotatable bonds is 2. The maximum absolute atomic E-state index is 5.46. The average molecular weight is 182 g/mol. The summed E-state index contributed by atoms with van der Waals surface area (Å²) >= 11 is 4.88. The van der Waals surface area contributed by atoms with Crippen LogP contribution >= 0.6 is 12.2 Å². The summed E-state index contributed by atoms with van der Waals surface area (Å²) in [5.74, 6) is 0. The quantitative estimate of drug-likeness (QED) is 0.698. The van der Waals surface area contributed by atoms with Crippen LogP contribution in [0.15, 0.2) is 18.3 Å². The summed E-state index contributed by atoms with van der Waals surface area (Å²) in [6.07, 6.45) is 2.17. The molecule has 0 aliphatic heterocycles. The molecule has 1 heterocycles. The predicted octanol–water partition coefficient (Wildman–Crippen LogP) is 1.18. The molecule has 0 aliphatic carbocycles. The lowest BCUT2D eigenvalue weighted by Crippen LogP contribution is -2.03. The third-order valence-electron chi connectivity index (χ3n) is 1.40. The summed E-state index contributed by atoms with van der Waals surface area (Å²) in [5.41, 5.74) is 6.99. The van der Waals surface area contributed by atoms with Crippen molar-refractivity contribution in [1.82, 2.24) is 4.98 Å². The van der Waals surface area contributed by atoms with Gasteiger partial charge >= 0.3 is 0 Å². The lowest BCUT2D eigenvalue weighted by atomic mass is 10.3. The number of ether oxygens (including phenoxy) is 1. The van der Waals surface area contributed by atoms with Gasteiger partial charge in [0, 0.05) is 5.69 Å². The second-order valence-corrected chi connectivity index (χ2v) is 2.79.